The number of methoxy groups -OCH3 is 2. The van der Waals surface area contributed by atoms with Crippen molar-refractivity contribution in [2.24, 2.45) is 0 Å². The van der Waals surface area contributed by atoms with Gasteiger partial charge in [-0.05, 0) is 24.1 Å². The number of benzene rings is 1. The van der Waals surface area contributed by atoms with Gasteiger partial charge in [0.1, 0.15) is 12.2 Å². The Kier molecular flexibility index (Phi) is 5.17. The second-order valence-corrected chi connectivity index (χ2v) is 3.96. The zero-order chi connectivity index (χ0) is 14.4. The molecule has 6 heteroatoms. The molecule has 0 fully saturated rings. The quantitative estimate of drug-likeness (QED) is 0.726. The second-order valence-electron chi connectivity index (χ2n) is 3.96. The van der Waals surface area contributed by atoms with Crippen LogP contribution in [-0.4, -0.2) is 36.2 Å². The second kappa shape index (κ2) is 6.63. The number of phenolic OH excluding ortho intramolecular Hbond substituents is 1. The van der Waals surface area contributed by atoms with E-state index in [-0.39, 0.29) is 29.5 Å². The SMILES string of the molecule is COc1cc(CCC(=O)CC(=O)O)cc(OC)c1O. The van der Waals surface area contributed by atoms with Crippen molar-refractivity contribution in [1.29, 1.82) is 0 Å². The van der Waals surface area contributed by atoms with Gasteiger partial charge in [-0.15, -0.1) is 0 Å². The summed E-state index contributed by atoms with van der Waals surface area (Å²) in [7, 11) is 2.82. The molecule has 1 aromatic rings. The summed E-state index contributed by atoms with van der Waals surface area (Å²) in [5.74, 6) is -1.09. The Labute approximate surface area is 110 Å². The lowest BCUT2D eigenvalue weighted by Crippen LogP contribution is -2.07. The maximum Gasteiger partial charge on any atom is 0.310 e. The number of carbonyl (C=O) groups is 2. The van der Waals surface area contributed by atoms with Gasteiger partial charge in [0.2, 0.25) is 5.75 Å². The summed E-state index contributed by atoms with van der Waals surface area (Å²) in [6.07, 6.45) is -0.00511. The van der Waals surface area contributed by atoms with Crippen molar-refractivity contribution in [2.75, 3.05) is 14.2 Å². The van der Waals surface area contributed by atoms with E-state index in [0.717, 1.165) is 5.56 Å². The summed E-state index contributed by atoms with van der Waals surface area (Å²) in [6, 6.07) is 3.18. The monoisotopic (exact) mass is 268 g/mol. The molecule has 0 aliphatic carbocycles. The molecule has 0 amide bonds. The van der Waals surface area contributed by atoms with Crippen molar-refractivity contribution in [3.05, 3.63) is 17.7 Å². The van der Waals surface area contributed by atoms with Crippen LogP contribution in [-0.2, 0) is 16.0 Å². The molecule has 0 spiro atoms. The standard InChI is InChI=1S/C13H16O6/c1-18-10-5-8(6-11(19-2)13(10)17)3-4-9(14)7-12(15)16/h5-6,17H,3-4,7H2,1-2H3,(H,15,16). The van der Waals surface area contributed by atoms with E-state index in [0.29, 0.717) is 6.42 Å². The van der Waals surface area contributed by atoms with Gasteiger partial charge in [-0.1, -0.05) is 0 Å². The lowest BCUT2D eigenvalue weighted by Gasteiger charge is -2.10. The molecule has 2 N–H and O–H groups in total. The van der Waals surface area contributed by atoms with Crippen LogP contribution in [0.25, 0.3) is 0 Å². The van der Waals surface area contributed by atoms with Crippen LogP contribution in [0.1, 0.15) is 18.4 Å². The minimum atomic E-state index is -1.13. The molecule has 104 valence electrons. The van der Waals surface area contributed by atoms with Crippen molar-refractivity contribution >= 4 is 11.8 Å². The molecule has 0 aliphatic rings. The van der Waals surface area contributed by atoms with Gasteiger partial charge in [-0.25, -0.2) is 0 Å². The number of aromatic hydroxyl groups is 1. The molecular formula is C13H16O6. The zero-order valence-electron chi connectivity index (χ0n) is 10.8. The van der Waals surface area contributed by atoms with Crippen molar-refractivity contribution in [3.8, 4) is 17.2 Å². The topological polar surface area (TPSA) is 93.1 Å². The highest BCUT2D eigenvalue weighted by atomic mass is 16.5. The lowest BCUT2D eigenvalue weighted by atomic mass is 10.0. The van der Waals surface area contributed by atoms with Crippen LogP contribution in [0.15, 0.2) is 12.1 Å². The van der Waals surface area contributed by atoms with Crippen LogP contribution in [0, 0.1) is 0 Å². The average Bonchev–Trinajstić information content (AvgIpc) is 2.36. The number of Topliss-reactive ketones (excluding diaryl/α,β-unsaturated/α-hetero) is 1. The largest absolute Gasteiger partial charge is 0.502 e. The maximum absolute atomic E-state index is 11.3. The molecule has 1 aromatic carbocycles. The number of phenols is 1. The fourth-order valence-electron chi connectivity index (χ4n) is 1.63. The van der Waals surface area contributed by atoms with Gasteiger partial charge < -0.3 is 19.7 Å². The first kappa shape index (κ1) is 14.8. The number of aryl methyl sites for hydroxylation is 1. The van der Waals surface area contributed by atoms with Crippen LogP contribution >= 0.6 is 0 Å². The van der Waals surface area contributed by atoms with Crippen LogP contribution in [0.2, 0.25) is 0 Å². The Morgan fingerprint density at radius 1 is 1.16 bits per heavy atom. The maximum atomic E-state index is 11.3. The third-order valence-corrected chi connectivity index (χ3v) is 2.58. The van der Waals surface area contributed by atoms with Crippen molar-refractivity contribution in [3.63, 3.8) is 0 Å². The molecule has 0 unspecified atom stereocenters. The van der Waals surface area contributed by atoms with Gasteiger partial charge >= 0.3 is 5.97 Å². The van der Waals surface area contributed by atoms with Crippen LogP contribution in [0.4, 0.5) is 0 Å². The van der Waals surface area contributed by atoms with Gasteiger partial charge in [0, 0.05) is 6.42 Å². The smallest absolute Gasteiger partial charge is 0.310 e. The molecule has 0 saturated carbocycles. The zero-order valence-corrected chi connectivity index (χ0v) is 10.8. The molecule has 0 radical (unpaired) electrons. The fraction of sp³-hybridized carbons (Fsp3) is 0.385. The molecule has 0 bridgehead atoms. The fourth-order valence-corrected chi connectivity index (χ4v) is 1.63. The number of ether oxygens (including phenoxy) is 2. The van der Waals surface area contributed by atoms with E-state index in [1.54, 1.807) is 12.1 Å². The Morgan fingerprint density at radius 3 is 2.11 bits per heavy atom. The van der Waals surface area contributed by atoms with E-state index in [4.69, 9.17) is 14.6 Å². The normalized spacial score (nSPS) is 10.0. The highest BCUT2D eigenvalue weighted by Crippen LogP contribution is 2.37. The number of carboxylic acid groups (broad SMARTS) is 1. The van der Waals surface area contributed by atoms with Crippen molar-refractivity contribution in [1.82, 2.24) is 0 Å². The average molecular weight is 268 g/mol. The summed E-state index contributed by atoms with van der Waals surface area (Å²) in [5.41, 5.74) is 0.727. The summed E-state index contributed by atoms with van der Waals surface area (Å²) < 4.78 is 9.98. The van der Waals surface area contributed by atoms with E-state index >= 15 is 0 Å². The molecule has 0 atom stereocenters. The number of hydrogen-bond donors (Lipinski definition) is 2. The van der Waals surface area contributed by atoms with Gasteiger partial charge in [-0.2, -0.15) is 0 Å². The highest BCUT2D eigenvalue weighted by molar-refractivity contribution is 5.94. The molecule has 0 aromatic heterocycles. The van der Waals surface area contributed by atoms with Crippen LogP contribution < -0.4 is 9.47 Å². The van der Waals surface area contributed by atoms with E-state index in [9.17, 15) is 14.7 Å². The predicted molar refractivity (Wildman–Crippen MR) is 66.8 cm³/mol. The van der Waals surface area contributed by atoms with Gasteiger partial charge in [0.15, 0.2) is 11.5 Å². The summed E-state index contributed by atoms with van der Waals surface area (Å²) in [5, 5.41) is 18.2. The van der Waals surface area contributed by atoms with Crippen LogP contribution in [0.5, 0.6) is 17.2 Å². The molecule has 0 heterocycles. The van der Waals surface area contributed by atoms with E-state index in [2.05, 4.69) is 0 Å². The highest BCUT2D eigenvalue weighted by Gasteiger charge is 2.13. The van der Waals surface area contributed by atoms with E-state index < -0.39 is 12.4 Å². The van der Waals surface area contributed by atoms with Crippen LogP contribution in [0.3, 0.4) is 0 Å². The Morgan fingerprint density at radius 2 is 1.68 bits per heavy atom. The summed E-state index contributed by atoms with van der Waals surface area (Å²) >= 11 is 0. The number of hydrogen-bond acceptors (Lipinski definition) is 5. The predicted octanol–water partition coefficient (Wildman–Crippen LogP) is 1.39. The molecular weight excluding hydrogens is 252 g/mol. The van der Waals surface area contributed by atoms with Crippen molar-refractivity contribution < 1.29 is 29.3 Å². The van der Waals surface area contributed by atoms with Gasteiger partial charge in [0.05, 0.1) is 14.2 Å². The lowest BCUT2D eigenvalue weighted by molar-refractivity contribution is -0.140. The Balaban J connectivity index is 2.78. The molecule has 0 aliphatic heterocycles. The number of rotatable bonds is 7. The summed E-state index contributed by atoms with van der Waals surface area (Å²) in [4.78, 5) is 21.7. The minimum absolute atomic E-state index is 0.106. The Bertz CT molecular complexity index is 455. The third-order valence-electron chi connectivity index (χ3n) is 2.58. The molecule has 6 nitrogen and oxygen atoms in total. The molecule has 0 saturated heterocycles. The number of ketones is 1. The van der Waals surface area contributed by atoms with Gasteiger partial charge in [-0.3, -0.25) is 9.59 Å². The third kappa shape index (κ3) is 4.17. The molecule has 1 rings (SSSR count). The number of aliphatic carboxylic acids is 1. The minimum Gasteiger partial charge on any atom is -0.502 e. The first-order valence-electron chi connectivity index (χ1n) is 5.65. The van der Waals surface area contributed by atoms with Gasteiger partial charge in [0.25, 0.3) is 0 Å². The first-order valence-corrected chi connectivity index (χ1v) is 5.65. The Hall–Kier alpha value is -2.24. The van der Waals surface area contributed by atoms with E-state index in [1.165, 1.54) is 14.2 Å². The summed E-state index contributed by atoms with van der Waals surface area (Å²) in [6.45, 7) is 0. The van der Waals surface area contributed by atoms with Crippen molar-refractivity contribution in [2.45, 2.75) is 19.3 Å². The number of carbonyl (C=O) groups excluding carboxylic acids is 1. The van der Waals surface area contributed by atoms with E-state index in [1.807, 2.05) is 0 Å². The first-order chi connectivity index (χ1) is 8.97. The number of carboxylic acids is 1. The molecule has 19 heavy (non-hydrogen) atoms.